The fourth-order valence-electron chi connectivity index (χ4n) is 5.49. The second-order valence-electron chi connectivity index (χ2n) is 7.58. The zero-order valence-corrected chi connectivity index (χ0v) is 11.5. The SMILES string of the molecule is C=C1C(O)CC2C(O)C3(C)CCC(C)(C)C3C12O. The summed E-state index contributed by atoms with van der Waals surface area (Å²) >= 11 is 0. The maximum absolute atomic E-state index is 11.2. The van der Waals surface area contributed by atoms with Crippen molar-refractivity contribution in [3.8, 4) is 0 Å². The smallest absolute Gasteiger partial charge is 0.0972 e. The maximum atomic E-state index is 11.2. The van der Waals surface area contributed by atoms with Crippen LogP contribution in [0.15, 0.2) is 12.2 Å². The van der Waals surface area contributed by atoms with Crippen LogP contribution in [0.3, 0.4) is 0 Å². The van der Waals surface area contributed by atoms with Gasteiger partial charge in [-0.1, -0.05) is 27.4 Å². The molecule has 18 heavy (non-hydrogen) atoms. The Morgan fingerprint density at radius 2 is 1.78 bits per heavy atom. The summed E-state index contributed by atoms with van der Waals surface area (Å²) in [5.41, 5.74) is -0.832. The zero-order chi connectivity index (χ0) is 13.5. The Morgan fingerprint density at radius 3 is 2.39 bits per heavy atom. The van der Waals surface area contributed by atoms with E-state index in [0.29, 0.717) is 12.0 Å². The van der Waals surface area contributed by atoms with E-state index >= 15 is 0 Å². The topological polar surface area (TPSA) is 60.7 Å². The summed E-state index contributed by atoms with van der Waals surface area (Å²) < 4.78 is 0. The van der Waals surface area contributed by atoms with Crippen molar-refractivity contribution in [2.75, 3.05) is 0 Å². The lowest BCUT2D eigenvalue weighted by Gasteiger charge is -2.41. The lowest BCUT2D eigenvalue weighted by molar-refractivity contribution is -0.0403. The largest absolute Gasteiger partial charge is 0.392 e. The fourth-order valence-corrected chi connectivity index (χ4v) is 5.49. The van der Waals surface area contributed by atoms with E-state index in [1.165, 1.54) is 0 Å². The molecule has 3 saturated carbocycles. The number of hydrogen-bond donors (Lipinski definition) is 3. The van der Waals surface area contributed by atoms with Gasteiger partial charge in [-0.05, 0) is 30.3 Å². The van der Waals surface area contributed by atoms with Gasteiger partial charge in [0.1, 0.15) is 0 Å². The van der Waals surface area contributed by atoms with Crippen molar-refractivity contribution in [1.82, 2.24) is 0 Å². The van der Waals surface area contributed by atoms with Crippen LogP contribution in [-0.2, 0) is 0 Å². The van der Waals surface area contributed by atoms with Gasteiger partial charge in [0.25, 0.3) is 0 Å². The molecule has 0 aromatic heterocycles. The highest BCUT2D eigenvalue weighted by Gasteiger charge is 2.74. The number of hydrogen-bond acceptors (Lipinski definition) is 3. The van der Waals surface area contributed by atoms with Crippen molar-refractivity contribution in [3.05, 3.63) is 12.2 Å². The van der Waals surface area contributed by atoms with Gasteiger partial charge >= 0.3 is 0 Å². The standard InChI is InChI=1S/C15H24O3/c1-8-10(16)7-9-11(17)14(4)6-5-13(2,3)12(14)15(8,9)18/h9-12,16-18H,1,5-7H2,2-4H3. The molecule has 0 saturated heterocycles. The minimum absolute atomic E-state index is 0.0119. The average Bonchev–Trinajstić information content (AvgIpc) is 2.72. The number of aliphatic hydroxyl groups is 3. The summed E-state index contributed by atoms with van der Waals surface area (Å²) in [7, 11) is 0. The van der Waals surface area contributed by atoms with Crippen LogP contribution in [0.2, 0.25) is 0 Å². The molecule has 3 rings (SSSR count). The van der Waals surface area contributed by atoms with E-state index < -0.39 is 17.8 Å². The third-order valence-electron chi connectivity index (χ3n) is 6.20. The average molecular weight is 252 g/mol. The van der Waals surface area contributed by atoms with Gasteiger partial charge in [-0.3, -0.25) is 0 Å². The molecule has 3 nitrogen and oxygen atoms in total. The van der Waals surface area contributed by atoms with E-state index in [4.69, 9.17) is 0 Å². The first-order valence-corrected chi connectivity index (χ1v) is 6.93. The molecule has 0 aromatic carbocycles. The van der Waals surface area contributed by atoms with E-state index in [-0.39, 0.29) is 22.7 Å². The van der Waals surface area contributed by atoms with Crippen LogP contribution < -0.4 is 0 Å². The van der Waals surface area contributed by atoms with E-state index in [9.17, 15) is 15.3 Å². The summed E-state index contributed by atoms with van der Waals surface area (Å²) in [6, 6.07) is 0. The van der Waals surface area contributed by atoms with Crippen LogP contribution in [0.1, 0.15) is 40.0 Å². The van der Waals surface area contributed by atoms with Crippen molar-refractivity contribution in [3.63, 3.8) is 0 Å². The highest BCUT2D eigenvalue weighted by atomic mass is 16.3. The monoisotopic (exact) mass is 252 g/mol. The van der Waals surface area contributed by atoms with Crippen LogP contribution in [0.4, 0.5) is 0 Å². The highest BCUT2D eigenvalue weighted by molar-refractivity contribution is 5.36. The van der Waals surface area contributed by atoms with Gasteiger partial charge in [0.15, 0.2) is 0 Å². The Hall–Kier alpha value is -0.380. The van der Waals surface area contributed by atoms with Gasteiger partial charge in [-0.25, -0.2) is 0 Å². The van der Waals surface area contributed by atoms with Crippen LogP contribution in [0, 0.1) is 22.7 Å². The maximum Gasteiger partial charge on any atom is 0.0972 e. The van der Waals surface area contributed by atoms with Gasteiger partial charge in [0, 0.05) is 17.3 Å². The van der Waals surface area contributed by atoms with Crippen molar-refractivity contribution < 1.29 is 15.3 Å². The lowest BCUT2D eigenvalue weighted by atomic mass is 9.66. The van der Waals surface area contributed by atoms with E-state index in [2.05, 4.69) is 27.4 Å². The van der Waals surface area contributed by atoms with Crippen molar-refractivity contribution in [2.45, 2.75) is 57.8 Å². The molecule has 6 atom stereocenters. The van der Waals surface area contributed by atoms with Gasteiger partial charge in [-0.2, -0.15) is 0 Å². The Kier molecular flexibility index (Phi) is 2.24. The number of rotatable bonds is 0. The second-order valence-corrected chi connectivity index (χ2v) is 7.58. The molecule has 6 unspecified atom stereocenters. The summed E-state index contributed by atoms with van der Waals surface area (Å²) in [6.45, 7) is 10.3. The molecular formula is C15H24O3. The summed E-state index contributed by atoms with van der Waals surface area (Å²) in [6.07, 6.45) is 1.18. The predicted molar refractivity (Wildman–Crippen MR) is 68.8 cm³/mol. The van der Waals surface area contributed by atoms with E-state index in [0.717, 1.165) is 12.8 Å². The molecule has 102 valence electrons. The van der Waals surface area contributed by atoms with Gasteiger partial charge < -0.3 is 15.3 Å². The third kappa shape index (κ3) is 1.12. The molecule has 0 bridgehead atoms. The lowest BCUT2D eigenvalue weighted by Crippen LogP contribution is -2.46. The number of aliphatic hydroxyl groups excluding tert-OH is 2. The Morgan fingerprint density at radius 1 is 1.17 bits per heavy atom. The summed E-state index contributed by atoms with van der Waals surface area (Å²) in [5, 5.41) is 31.8. The van der Waals surface area contributed by atoms with Crippen molar-refractivity contribution in [1.29, 1.82) is 0 Å². The normalized spacial score (nSPS) is 57.8. The molecule has 3 N–H and O–H groups in total. The summed E-state index contributed by atoms with van der Waals surface area (Å²) in [5.74, 6) is -0.267. The Bertz CT molecular complexity index is 416. The molecule has 0 amide bonds. The molecule has 3 heteroatoms. The first-order valence-electron chi connectivity index (χ1n) is 6.93. The first-order chi connectivity index (χ1) is 8.15. The molecular weight excluding hydrogens is 228 g/mol. The van der Waals surface area contributed by atoms with Crippen LogP contribution in [0.25, 0.3) is 0 Å². The quantitative estimate of drug-likeness (QED) is 0.572. The molecule has 0 aromatic rings. The molecule has 0 spiro atoms. The fraction of sp³-hybridized carbons (Fsp3) is 0.867. The van der Waals surface area contributed by atoms with Crippen molar-refractivity contribution >= 4 is 0 Å². The van der Waals surface area contributed by atoms with Gasteiger partial charge in [-0.15, -0.1) is 0 Å². The molecule has 3 fully saturated rings. The highest BCUT2D eigenvalue weighted by Crippen LogP contribution is 2.71. The molecule has 0 heterocycles. The minimum Gasteiger partial charge on any atom is -0.392 e. The van der Waals surface area contributed by atoms with E-state index in [1.54, 1.807) is 0 Å². The molecule has 3 aliphatic carbocycles. The summed E-state index contributed by atoms with van der Waals surface area (Å²) in [4.78, 5) is 0. The van der Waals surface area contributed by atoms with Crippen LogP contribution in [0.5, 0.6) is 0 Å². The van der Waals surface area contributed by atoms with Gasteiger partial charge in [0.2, 0.25) is 0 Å². The zero-order valence-electron chi connectivity index (χ0n) is 11.5. The third-order valence-corrected chi connectivity index (χ3v) is 6.20. The molecule has 0 radical (unpaired) electrons. The Labute approximate surface area is 109 Å². The second kappa shape index (κ2) is 3.20. The predicted octanol–water partition coefficient (Wildman–Crippen LogP) is 1.47. The van der Waals surface area contributed by atoms with Crippen LogP contribution >= 0.6 is 0 Å². The van der Waals surface area contributed by atoms with Crippen molar-refractivity contribution in [2.24, 2.45) is 22.7 Å². The number of fused-ring (bicyclic) bond motifs is 3. The minimum atomic E-state index is -1.09. The van der Waals surface area contributed by atoms with E-state index in [1.807, 2.05) is 0 Å². The Balaban J connectivity index is 2.16. The van der Waals surface area contributed by atoms with Crippen LogP contribution in [-0.4, -0.2) is 33.1 Å². The van der Waals surface area contributed by atoms with Gasteiger partial charge in [0.05, 0.1) is 17.8 Å². The molecule has 3 aliphatic rings. The molecule has 0 aliphatic heterocycles. The first kappa shape index (κ1) is 12.6.